The lowest BCUT2D eigenvalue weighted by Gasteiger charge is -2.19. The summed E-state index contributed by atoms with van der Waals surface area (Å²) in [5, 5.41) is 19.9. The number of benzene rings is 1. The van der Waals surface area contributed by atoms with Gasteiger partial charge in [0.1, 0.15) is 6.07 Å². The van der Waals surface area contributed by atoms with Gasteiger partial charge in [0.2, 0.25) is 0 Å². The van der Waals surface area contributed by atoms with Gasteiger partial charge in [-0.25, -0.2) is 4.79 Å². The van der Waals surface area contributed by atoms with E-state index in [1.54, 1.807) is 12.1 Å². The van der Waals surface area contributed by atoms with Gasteiger partial charge in [0.15, 0.2) is 0 Å². The summed E-state index contributed by atoms with van der Waals surface area (Å²) in [6, 6.07) is 7.47. The number of nitrogens with two attached hydrogens (primary N) is 1. The Morgan fingerprint density at radius 2 is 2.42 bits per heavy atom. The molecule has 1 fully saturated rings. The number of rotatable bonds is 3. The Morgan fingerprint density at radius 3 is 3.11 bits per heavy atom. The Labute approximate surface area is 111 Å². The standard InChI is InChI=1S/C13H16N4O2/c14-6-10-5-11(1-2-12(10)15)17-4-3-9(8-17)7-16-13(18)19/h1-2,5,9,16H,3-4,7-8,15H2,(H,18,19). The quantitative estimate of drug-likeness (QED) is 0.709. The summed E-state index contributed by atoms with van der Waals surface area (Å²) in [6.07, 6.45) is -0.0512. The van der Waals surface area contributed by atoms with E-state index < -0.39 is 6.09 Å². The highest BCUT2D eigenvalue weighted by Gasteiger charge is 2.23. The molecule has 1 atom stereocenters. The molecule has 1 aliphatic rings. The van der Waals surface area contributed by atoms with Gasteiger partial charge >= 0.3 is 6.09 Å². The number of carbonyl (C=O) groups is 1. The molecule has 0 aliphatic carbocycles. The number of nitrogen functional groups attached to an aromatic ring is 1. The maximum absolute atomic E-state index is 10.5. The molecule has 1 saturated heterocycles. The van der Waals surface area contributed by atoms with Crippen LogP contribution < -0.4 is 16.0 Å². The zero-order valence-corrected chi connectivity index (χ0v) is 10.5. The van der Waals surface area contributed by atoms with Crippen LogP contribution in [0.2, 0.25) is 0 Å². The van der Waals surface area contributed by atoms with E-state index in [1.165, 1.54) is 0 Å². The molecule has 0 aromatic heterocycles. The highest BCUT2D eigenvalue weighted by molar-refractivity contribution is 5.64. The SMILES string of the molecule is N#Cc1cc(N2CCC(CNC(=O)O)C2)ccc1N. The number of nitriles is 1. The van der Waals surface area contributed by atoms with Crippen molar-refractivity contribution >= 4 is 17.5 Å². The summed E-state index contributed by atoms with van der Waals surface area (Å²) in [4.78, 5) is 12.6. The lowest BCUT2D eigenvalue weighted by atomic mass is 10.1. The smallest absolute Gasteiger partial charge is 0.404 e. The average Bonchev–Trinajstić information content (AvgIpc) is 2.86. The molecule has 4 N–H and O–H groups in total. The molecule has 1 amide bonds. The molecule has 1 aromatic rings. The number of nitrogens with zero attached hydrogens (tertiary/aromatic N) is 2. The fraction of sp³-hybridized carbons (Fsp3) is 0.385. The van der Waals surface area contributed by atoms with Crippen LogP contribution in [0.15, 0.2) is 18.2 Å². The van der Waals surface area contributed by atoms with E-state index in [0.717, 1.165) is 25.2 Å². The molecule has 1 unspecified atom stereocenters. The van der Waals surface area contributed by atoms with Crippen molar-refractivity contribution in [2.24, 2.45) is 5.92 Å². The first-order valence-corrected chi connectivity index (χ1v) is 6.11. The molecule has 100 valence electrons. The Hall–Kier alpha value is -2.42. The van der Waals surface area contributed by atoms with Gasteiger partial charge in [-0.1, -0.05) is 0 Å². The molecule has 6 heteroatoms. The van der Waals surface area contributed by atoms with Crippen LogP contribution in [0.1, 0.15) is 12.0 Å². The number of carboxylic acid groups (broad SMARTS) is 1. The normalized spacial score (nSPS) is 18.1. The third-order valence-electron chi connectivity index (χ3n) is 3.35. The molecule has 19 heavy (non-hydrogen) atoms. The third-order valence-corrected chi connectivity index (χ3v) is 3.35. The van der Waals surface area contributed by atoms with Crippen molar-refractivity contribution in [3.8, 4) is 6.07 Å². The van der Waals surface area contributed by atoms with E-state index in [1.807, 2.05) is 6.07 Å². The first-order chi connectivity index (χ1) is 9.10. The first-order valence-electron chi connectivity index (χ1n) is 6.11. The second kappa shape index (κ2) is 5.48. The fourth-order valence-corrected chi connectivity index (χ4v) is 2.30. The van der Waals surface area contributed by atoms with Gasteiger partial charge in [-0.3, -0.25) is 0 Å². The fourth-order valence-electron chi connectivity index (χ4n) is 2.30. The lowest BCUT2D eigenvalue weighted by molar-refractivity contribution is 0.192. The zero-order chi connectivity index (χ0) is 13.8. The predicted octanol–water partition coefficient (Wildman–Crippen LogP) is 1.23. The molecule has 1 aliphatic heterocycles. The zero-order valence-electron chi connectivity index (χ0n) is 10.5. The molecule has 6 nitrogen and oxygen atoms in total. The maximum Gasteiger partial charge on any atom is 0.404 e. The molecule has 2 rings (SSSR count). The van der Waals surface area contributed by atoms with Crippen LogP contribution in [0.4, 0.5) is 16.2 Å². The topological polar surface area (TPSA) is 102 Å². The molecule has 0 radical (unpaired) electrons. The van der Waals surface area contributed by atoms with Crippen molar-refractivity contribution in [2.75, 3.05) is 30.3 Å². The maximum atomic E-state index is 10.5. The van der Waals surface area contributed by atoms with Crippen molar-refractivity contribution in [3.63, 3.8) is 0 Å². The van der Waals surface area contributed by atoms with Crippen LogP contribution in [-0.4, -0.2) is 30.8 Å². The molecule has 1 aromatic carbocycles. The van der Waals surface area contributed by atoms with Crippen molar-refractivity contribution in [1.82, 2.24) is 5.32 Å². The molecule has 0 spiro atoms. The summed E-state index contributed by atoms with van der Waals surface area (Å²) < 4.78 is 0. The predicted molar refractivity (Wildman–Crippen MR) is 71.9 cm³/mol. The van der Waals surface area contributed by atoms with E-state index in [2.05, 4.69) is 16.3 Å². The number of hydrogen-bond acceptors (Lipinski definition) is 4. The summed E-state index contributed by atoms with van der Waals surface area (Å²) in [6.45, 7) is 2.11. The Bertz CT molecular complexity index is 524. The largest absolute Gasteiger partial charge is 0.465 e. The van der Waals surface area contributed by atoms with Gasteiger partial charge in [-0.15, -0.1) is 0 Å². The summed E-state index contributed by atoms with van der Waals surface area (Å²) >= 11 is 0. The molecule has 0 saturated carbocycles. The minimum absolute atomic E-state index is 0.305. The average molecular weight is 260 g/mol. The number of anilines is 2. The molecule has 1 heterocycles. The molecule has 0 bridgehead atoms. The second-order valence-electron chi connectivity index (χ2n) is 4.67. The summed E-state index contributed by atoms with van der Waals surface area (Å²) in [7, 11) is 0. The Morgan fingerprint density at radius 1 is 1.63 bits per heavy atom. The minimum Gasteiger partial charge on any atom is -0.465 e. The Kier molecular flexibility index (Phi) is 3.76. The van der Waals surface area contributed by atoms with Gasteiger partial charge in [0.25, 0.3) is 0 Å². The molecular weight excluding hydrogens is 244 g/mol. The van der Waals surface area contributed by atoms with Crippen LogP contribution >= 0.6 is 0 Å². The second-order valence-corrected chi connectivity index (χ2v) is 4.67. The van der Waals surface area contributed by atoms with Gasteiger partial charge in [-0.2, -0.15) is 5.26 Å². The number of hydrogen-bond donors (Lipinski definition) is 3. The van der Waals surface area contributed by atoms with Crippen LogP contribution in [-0.2, 0) is 0 Å². The molecular formula is C13H16N4O2. The van der Waals surface area contributed by atoms with E-state index in [4.69, 9.17) is 16.1 Å². The van der Waals surface area contributed by atoms with E-state index in [9.17, 15) is 4.79 Å². The number of nitrogens with one attached hydrogen (secondary N) is 1. The lowest BCUT2D eigenvalue weighted by Crippen LogP contribution is -2.29. The van der Waals surface area contributed by atoms with Gasteiger partial charge < -0.3 is 21.1 Å². The van der Waals surface area contributed by atoms with Crippen LogP contribution in [0.5, 0.6) is 0 Å². The van der Waals surface area contributed by atoms with Gasteiger partial charge in [0, 0.05) is 31.0 Å². The Balaban J connectivity index is 2.01. The number of amides is 1. The van der Waals surface area contributed by atoms with E-state index in [-0.39, 0.29) is 0 Å². The van der Waals surface area contributed by atoms with Gasteiger partial charge in [0.05, 0.1) is 5.56 Å². The van der Waals surface area contributed by atoms with Gasteiger partial charge in [-0.05, 0) is 30.5 Å². The van der Waals surface area contributed by atoms with Crippen LogP contribution in [0, 0.1) is 17.2 Å². The van der Waals surface area contributed by atoms with Crippen molar-refractivity contribution < 1.29 is 9.90 Å². The van der Waals surface area contributed by atoms with E-state index in [0.29, 0.717) is 23.7 Å². The highest BCUT2D eigenvalue weighted by Crippen LogP contribution is 2.26. The van der Waals surface area contributed by atoms with Crippen LogP contribution in [0.25, 0.3) is 0 Å². The van der Waals surface area contributed by atoms with Crippen molar-refractivity contribution in [3.05, 3.63) is 23.8 Å². The monoisotopic (exact) mass is 260 g/mol. The van der Waals surface area contributed by atoms with Crippen molar-refractivity contribution in [2.45, 2.75) is 6.42 Å². The summed E-state index contributed by atoms with van der Waals surface area (Å²) in [5.41, 5.74) is 7.61. The summed E-state index contributed by atoms with van der Waals surface area (Å²) in [5.74, 6) is 0.305. The minimum atomic E-state index is -0.988. The van der Waals surface area contributed by atoms with Crippen molar-refractivity contribution in [1.29, 1.82) is 5.26 Å². The third kappa shape index (κ3) is 3.07. The van der Waals surface area contributed by atoms with E-state index >= 15 is 0 Å². The van der Waals surface area contributed by atoms with Crippen LogP contribution in [0.3, 0.4) is 0 Å². The highest BCUT2D eigenvalue weighted by atomic mass is 16.4. The first kappa shape index (κ1) is 13.0.